The van der Waals surface area contributed by atoms with Crippen LogP contribution in [0.2, 0.25) is 0 Å². The lowest BCUT2D eigenvalue weighted by Gasteiger charge is -2.28. The van der Waals surface area contributed by atoms with Crippen LogP contribution in [0.1, 0.15) is 55.8 Å². The smallest absolute Gasteiger partial charge is 0.251 e. The molecule has 1 aromatic rings. The summed E-state index contributed by atoms with van der Waals surface area (Å²) in [6.07, 6.45) is 5.91. The van der Waals surface area contributed by atoms with Crippen molar-refractivity contribution in [2.45, 2.75) is 56.4 Å². The predicted octanol–water partition coefficient (Wildman–Crippen LogP) is 2.78. The number of unbranched alkanes of at least 4 members (excludes halogenated alkanes) is 1. The Bertz CT molecular complexity index is 620. The van der Waals surface area contributed by atoms with Gasteiger partial charge in [-0.1, -0.05) is 26.2 Å². The minimum atomic E-state index is -3.50. The molecule has 128 valence electrons. The number of nitrogens with zero attached hydrogens (tertiary/aromatic N) is 1. The van der Waals surface area contributed by atoms with Gasteiger partial charge in [0.1, 0.15) is 0 Å². The second-order valence-electron chi connectivity index (χ2n) is 6.01. The molecule has 1 N–H and O–H groups in total. The van der Waals surface area contributed by atoms with Crippen LogP contribution in [0.15, 0.2) is 29.2 Å². The number of amides is 1. The summed E-state index contributed by atoms with van der Waals surface area (Å²) >= 11 is 0. The Morgan fingerprint density at radius 2 is 1.83 bits per heavy atom. The molecule has 0 spiro atoms. The van der Waals surface area contributed by atoms with Crippen molar-refractivity contribution in [3.8, 4) is 0 Å². The Balaban J connectivity index is 2.27. The van der Waals surface area contributed by atoms with E-state index < -0.39 is 10.0 Å². The molecule has 0 saturated heterocycles. The molecule has 5 nitrogen and oxygen atoms in total. The maximum atomic E-state index is 13.0. The van der Waals surface area contributed by atoms with Crippen LogP contribution in [0.5, 0.6) is 0 Å². The van der Waals surface area contributed by atoms with Gasteiger partial charge in [-0.15, -0.1) is 0 Å². The highest BCUT2D eigenvalue weighted by molar-refractivity contribution is 7.89. The van der Waals surface area contributed by atoms with Crippen molar-refractivity contribution in [1.82, 2.24) is 9.62 Å². The van der Waals surface area contributed by atoms with E-state index >= 15 is 0 Å². The average molecular weight is 338 g/mol. The fourth-order valence-corrected chi connectivity index (χ4v) is 4.79. The molecule has 0 radical (unpaired) electrons. The molecular formula is C17H26N2O3S. The summed E-state index contributed by atoms with van der Waals surface area (Å²) in [6.45, 7) is 2.64. The highest BCUT2D eigenvalue weighted by Gasteiger charge is 2.32. The zero-order valence-electron chi connectivity index (χ0n) is 13.9. The summed E-state index contributed by atoms with van der Waals surface area (Å²) in [5.41, 5.74) is 0.465. The van der Waals surface area contributed by atoms with E-state index in [0.29, 0.717) is 12.1 Å². The van der Waals surface area contributed by atoms with Gasteiger partial charge in [-0.2, -0.15) is 4.31 Å². The lowest BCUT2D eigenvalue weighted by Crippen LogP contribution is -2.39. The Morgan fingerprint density at radius 3 is 2.35 bits per heavy atom. The van der Waals surface area contributed by atoms with Gasteiger partial charge in [-0.05, 0) is 43.5 Å². The van der Waals surface area contributed by atoms with Gasteiger partial charge in [0.05, 0.1) is 4.90 Å². The molecule has 0 heterocycles. The van der Waals surface area contributed by atoms with E-state index in [-0.39, 0.29) is 16.8 Å². The second kappa shape index (κ2) is 7.93. The van der Waals surface area contributed by atoms with Crippen LogP contribution >= 0.6 is 0 Å². The summed E-state index contributed by atoms with van der Waals surface area (Å²) < 4.78 is 27.7. The number of rotatable bonds is 7. The molecule has 2 rings (SSSR count). The van der Waals surface area contributed by atoms with E-state index in [1.165, 1.54) is 12.1 Å². The number of carbonyl (C=O) groups is 1. The molecule has 1 saturated carbocycles. The molecule has 0 bridgehead atoms. The standard InChI is InChI=1S/C17H26N2O3S/c1-3-4-13-19(15-7-5-6-8-15)23(21,22)16-11-9-14(10-12-16)17(20)18-2/h9-12,15H,3-8,13H2,1-2H3,(H,18,20). The van der Waals surface area contributed by atoms with Gasteiger partial charge in [0.2, 0.25) is 10.0 Å². The molecule has 1 amide bonds. The molecular weight excluding hydrogens is 312 g/mol. The van der Waals surface area contributed by atoms with Gasteiger partial charge in [0.25, 0.3) is 5.91 Å². The first-order valence-electron chi connectivity index (χ1n) is 8.34. The monoisotopic (exact) mass is 338 g/mol. The second-order valence-corrected chi connectivity index (χ2v) is 7.90. The lowest BCUT2D eigenvalue weighted by atomic mass is 10.2. The van der Waals surface area contributed by atoms with Crippen molar-refractivity contribution in [2.75, 3.05) is 13.6 Å². The minimum Gasteiger partial charge on any atom is -0.355 e. The van der Waals surface area contributed by atoms with E-state index in [9.17, 15) is 13.2 Å². The molecule has 1 aromatic carbocycles. The Kier molecular flexibility index (Phi) is 6.18. The Morgan fingerprint density at radius 1 is 1.22 bits per heavy atom. The third kappa shape index (κ3) is 4.12. The van der Waals surface area contributed by atoms with E-state index in [2.05, 4.69) is 12.2 Å². The van der Waals surface area contributed by atoms with Crippen LogP contribution in [-0.2, 0) is 10.0 Å². The molecule has 6 heteroatoms. The van der Waals surface area contributed by atoms with Crippen molar-refractivity contribution < 1.29 is 13.2 Å². The molecule has 0 unspecified atom stereocenters. The lowest BCUT2D eigenvalue weighted by molar-refractivity contribution is 0.0963. The first-order valence-corrected chi connectivity index (χ1v) is 9.78. The van der Waals surface area contributed by atoms with Crippen LogP contribution in [0.4, 0.5) is 0 Å². The minimum absolute atomic E-state index is 0.116. The number of sulfonamides is 1. The van der Waals surface area contributed by atoms with Crippen LogP contribution in [-0.4, -0.2) is 38.3 Å². The number of nitrogens with one attached hydrogen (secondary N) is 1. The summed E-state index contributed by atoms with van der Waals surface area (Å²) in [5, 5.41) is 2.54. The normalized spacial score (nSPS) is 16.0. The number of hydrogen-bond donors (Lipinski definition) is 1. The number of hydrogen-bond acceptors (Lipinski definition) is 3. The van der Waals surface area contributed by atoms with Crippen LogP contribution in [0.25, 0.3) is 0 Å². The Hall–Kier alpha value is -1.40. The first kappa shape index (κ1) is 17.9. The van der Waals surface area contributed by atoms with Crippen molar-refractivity contribution in [2.24, 2.45) is 0 Å². The number of benzene rings is 1. The SMILES string of the molecule is CCCCN(C1CCCC1)S(=O)(=O)c1ccc(C(=O)NC)cc1. The topological polar surface area (TPSA) is 66.5 Å². The maximum Gasteiger partial charge on any atom is 0.251 e. The maximum absolute atomic E-state index is 13.0. The molecule has 1 aliphatic rings. The zero-order chi connectivity index (χ0) is 16.9. The molecule has 0 aromatic heterocycles. The van der Waals surface area contributed by atoms with Crippen molar-refractivity contribution in [1.29, 1.82) is 0 Å². The molecule has 23 heavy (non-hydrogen) atoms. The summed E-state index contributed by atoms with van der Waals surface area (Å²) in [5.74, 6) is -0.215. The van der Waals surface area contributed by atoms with Crippen molar-refractivity contribution in [3.05, 3.63) is 29.8 Å². The summed E-state index contributed by atoms with van der Waals surface area (Å²) in [6, 6.07) is 6.32. The van der Waals surface area contributed by atoms with Crippen molar-refractivity contribution >= 4 is 15.9 Å². The van der Waals surface area contributed by atoms with Gasteiger partial charge >= 0.3 is 0 Å². The Labute approximate surface area is 139 Å². The fourth-order valence-electron chi connectivity index (χ4n) is 3.06. The van der Waals surface area contributed by atoms with E-state index in [4.69, 9.17) is 0 Å². The van der Waals surface area contributed by atoms with Crippen LogP contribution in [0.3, 0.4) is 0 Å². The van der Waals surface area contributed by atoms with Crippen molar-refractivity contribution in [3.63, 3.8) is 0 Å². The molecule has 1 fully saturated rings. The molecule has 0 aliphatic heterocycles. The third-order valence-electron chi connectivity index (χ3n) is 4.41. The van der Waals surface area contributed by atoms with E-state index in [0.717, 1.165) is 38.5 Å². The van der Waals surface area contributed by atoms with Gasteiger partial charge in [0, 0.05) is 25.2 Å². The predicted molar refractivity (Wildman–Crippen MR) is 90.9 cm³/mol. The molecule has 0 atom stereocenters. The number of carbonyl (C=O) groups excluding carboxylic acids is 1. The molecule has 1 aliphatic carbocycles. The summed E-state index contributed by atoms with van der Waals surface area (Å²) in [4.78, 5) is 11.9. The van der Waals surface area contributed by atoms with E-state index in [1.807, 2.05) is 0 Å². The van der Waals surface area contributed by atoms with Crippen LogP contribution < -0.4 is 5.32 Å². The van der Waals surface area contributed by atoms with Gasteiger partial charge in [0.15, 0.2) is 0 Å². The fraction of sp³-hybridized carbons (Fsp3) is 0.588. The highest BCUT2D eigenvalue weighted by atomic mass is 32.2. The van der Waals surface area contributed by atoms with Gasteiger partial charge in [-0.25, -0.2) is 8.42 Å². The van der Waals surface area contributed by atoms with Gasteiger partial charge in [-0.3, -0.25) is 4.79 Å². The summed E-state index contributed by atoms with van der Waals surface area (Å²) in [7, 11) is -1.95. The third-order valence-corrected chi connectivity index (χ3v) is 6.38. The van der Waals surface area contributed by atoms with Gasteiger partial charge < -0.3 is 5.32 Å². The zero-order valence-corrected chi connectivity index (χ0v) is 14.7. The van der Waals surface area contributed by atoms with E-state index in [1.54, 1.807) is 23.5 Å². The largest absolute Gasteiger partial charge is 0.355 e. The highest BCUT2D eigenvalue weighted by Crippen LogP contribution is 2.29. The first-order chi connectivity index (χ1) is 11.0. The van der Waals surface area contributed by atoms with Crippen LogP contribution in [0, 0.1) is 0 Å². The quantitative estimate of drug-likeness (QED) is 0.831. The average Bonchev–Trinajstić information content (AvgIpc) is 3.08.